The van der Waals surface area contributed by atoms with Crippen molar-refractivity contribution in [2.45, 2.75) is 12.2 Å². The monoisotopic (exact) mass is 277 g/mol. The Bertz CT molecular complexity index is 454. The van der Waals surface area contributed by atoms with E-state index in [9.17, 15) is 0 Å². The molecule has 1 fully saturated rings. The molecular formula is C14H19N3OS. The summed E-state index contributed by atoms with van der Waals surface area (Å²) in [6, 6.07) is 8.57. The maximum atomic E-state index is 5.37. The number of thioether (sulfide) groups is 1. The summed E-state index contributed by atoms with van der Waals surface area (Å²) in [5.41, 5.74) is 2.38. The second-order valence-electron chi connectivity index (χ2n) is 4.85. The molecule has 0 spiro atoms. The van der Waals surface area contributed by atoms with Gasteiger partial charge >= 0.3 is 0 Å². The molecule has 0 aromatic heterocycles. The normalized spacial score (nSPS) is 23.3. The van der Waals surface area contributed by atoms with E-state index >= 15 is 0 Å². The van der Waals surface area contributed by atoms with Gasteiger partial charge in [0.05, 0.1) is 19.8 Å². The summed E-state index contributed by atoms with van der Waals surface area (Å²) in [6.07, 6.45) is 0. The predicted molar refractivity (Wildman–Crippen MR) is 82.5 cm³/mol. The van der Waals surface area contributed by atoms with Gasteiger partial charge in [0.1, 0.15) is 0 Å². The first-order valence-corrected chi connectivity index (χ1v) is 7.60. The molecule has 4 nitrogen and oxygen atoms in total. The van der Waals surface area contributed by atoms with Gasteiger partial charge in [0.25, 0.3) is 0 Å². The summed E-state index contributed by atoms with van der Waals surface area (Å²) < 4.78 is 5.37. The van der Waals surface area contributed by atoms with Crippen molar-refractivity contribution in [3.05, 3.63) is 24.3 Å². The fraction of sp³-hybridized carbons (Fsp3) is 0.500. The Morgan fingerprint density at radius 2 is 2.00 bits per heavy atom. The number of ether oxygens (including phenoxy) is 1. The van der Waals surface area contributed by atoms with Crippen molar-refractivity contribution in [3.8, 4) is 0 Å². The smallest absolute Gasteiger partial charge is 0.161 e. The lowest BCUT2D eigenvalue weighted by atomic mass is 10.2. The van der Waals surface area contributed by atoms with Crippen molar-refractivity contribution in [1.82, 2.24) is 0 Å². The van der Waals surface area contributed by atoms with Crippen LogP contribution in [0.3, 0.4) is 0 Å². The van der Waals surface area contributed by atoms with Crippen molar-refractivity contribution in [2.75, 3.05) is 43.1 Å². The minimum Gasteiger partial charge on any atom is -0.378 e. The number of hydrogen-bond acceptors (Lipinski definition) is 5. The molecule has 1 atom stereocenters. The minimum absolute atomic E-state index is 0.593. The van der Waals surface area contributed by atoms with E-state index < -0.39 is 0 Å². The number of rotatable bonds is 2. The van der Waals surface area contributed by atoms with Crippen LogP contribution in [0.25, 0.3) is 0 Å². The Morgan fingerprint density at radius 1 is 1.26 bits per heavy atom. The topological polar surface area (TPSA) is 36.9 Å². The van der Waals surface area contributed by atoms with Crippen LogP contribution in [0, 0.1) is 0 Å². The Hall–Kier alpha value is -1.20. The summed E-state index contributed by atoms with van der Waals surface area (Å²) in [4.78, 5) is 6.82. The van der Waals surface area contributed by atoms with Gasteiger partial charge in [0.15, 0.2) is 5.17 Å². The van der Waals surface area contributed by atoms with Crippen LogP contribution >= 0.6 is 11.8 Å². The van der Waals surface area contributed by atoms with Crippen molar-refractivity contribution in [3.63, 3.8) is 0 Å². The van der Waals surface area contributed by atoms with Gasteiger partial charge in [-0.3, -0.25) is 4.99 Å². The van der Waals surface area contributed by atoms with E-state index in [1.54, 1.807) is 11.8 Å². The fourth-order valence-electron chi connectivity index (χ4n) is 2.25. The zero-order valence-electron chi connectivity index (χ0n) is 11.1. The van der Waals surface area contributed by atoms with Crippen LogP contribution in [-0.4, -0.2) is 43.3 Å². The average Bonchev–Trinajstić information content (AvgIpc) is 2.86. The molecule has 5 heteroatoms. The zero-order chi connectivity index (χ0) is 13.1. The molecule has 2 aliphatic heterocycles. The first kappa shape index (κ1) is 12.8. The number of hydrogen-bond donors (Lipinski definition) is 1. The van der Waals surface area contributed by atoms with Gasteiger partial charge in [-0.2, -0.15) is 0 Å². The quantitative estimate of drug-likeness (QED) is 0.901. The number of benzene rings is 1. The highest BCUT2D eigenvalue weighted by Crippen LogP contribution is 2.24. The van der Waals surface area contributed by atoms with Gasteiger partial charge in [-0.25, -0.2) is 0 Å². The van der Waals surface area contributed by atoms with E-state index in [0.717, 1.165) is 43.7 Å². The van der Waals surface area contributed by atoms with E-state index in [2.05, 4.69) is 46.4 Å². The molecule has 0 aliphatic carbocycles. The van der Waals surface area contributed by atoms with Gasteiger partial charge in [0, 0.05) is 29.7 Å². The molecule has 1 saturated heterocycles. The molecule has 102 valence electrons. The van der Waals surface area contributed by atoms with Gasteiger partial charge in [-0.05, 0) is 24.3 Å². The molecule has 1 aromatic rings. The van der Waals surface area contributed by atoms with E-state index in [1.807, 2.05) is 0 Å². The molecule has 19 heavy (non-hydrogen) atoms. The predicted octanol–water partition coefficient (Wildman–Crippen LogP) is 2.43. The molecular weight excluding hydrogens is 258 g/mol. The first-order valence-electron chi connectivity index (χ1n) is 6.72. The molecule has 1 aromatic carbocycles. The maximum Gasteiger partial charge on any atom is 0.161 e. The highest BCUT2D eigenvalue weighted by Gasteiger charge is 2.15. The first-order chi connectivity index (χ1) is 9.31. The largest absolute Gasteiger partial charge is 0.378 e. The third-order valence-electron chi connectivity index (χ3n) is 3.30. The molecule has 0 amide bonds. The van der Waals surface area contributed by atoms with Crippen molar-refractivity contribution < 1.29 is 4.74 Å². The van der Waals surface area contributed by atoms with Gasteiger partial charge in [-0.15, -0.1) is 0 Å². The van der Waals surface area contributed by atoms with E-state index in [4.69, 9.17) is 4.74 Å². The lowest BCUT2D eigenvalue weighted by Gasteiger charge is -2.28. The number of anilines is 2. The summed E-state index contributed by atoms with van der Waals surface area (Å²) >= 11 is 1.80. The number of morpholine rings is 1. The lowest BCUT2D eigenvalue weighted by molar-refractivity contribution is 0.122. The third kappa shape index (κ3) is 3.22. The number of nitrogens with one attached hydrogen (secondary N) is 1. The van der Waals surface area contributed by atoms with Crippen molar-refractivity contribution in [2.24, 2.45) is 4.99 Å². The molecule has 2 aliphatic rings. The molecule has 0 saturated carbocycles. The van der Waals surface area contributed by atoms with E-state index in [-0.39, 0.29) is 0 Å². The van der Waals surface area contributed by atoms with Crippen LogP contribution in [0.2, 0.25) is 0 Å². The minimum atomic E-state index is 0.593. The Kier molecular flexibility index (Phi) is 3.94. The van der Waals surface area contributed by atoms with Crippen molar-refractivity contribution >= 4 is 28.3 Å². The second-order valence-corrected chi connectivity index (χ2v) is 6.27. The molecule has 1 N–H and O–H groups in total. The van der Waals surface area contributed by atoms with Crippen LogP contribution in [0.1, 0.15) is 6.92 Å². The van der Waals surface area contributed by atoms with Crippen LogP contribution in [0.15, 0.2) is 29.3 Å². The lowest BCUT2D eigenvalue weighted by Crippen LogP contribution is -2.36. The van der Waals surface area contributed by atoms with E-state index in [0.29, 0.717) is 5.25 Å². The maximum absolute atomic E-state index is 5.37. The fourth-order valence-corrected chi connectivity index (χ4v) is 3.10. The summed E-state index contributed by atoms with van der Waals surface area (Å²) in [5, 5.41) is 5.00. The molecule has 0 bridgehead atoms. The number of nitrogens with zero attached hydrogens (tertiary/aromatic N) is 2. The standard InChI is InChI=1S/C14H19N3OS/c1-11-10-15-14(19-11)16-12-2-4-13(5-3-12)17-6-8-18-9-7-17/h2-5,11H,6-10H2,1H3,(H,15,16). The highest BCUT2D eigenvalue weighted by atomic mass is 32.2. The highest BCUT2D eigenvalue weighted by molar-refractivity contribution is 8.15. The molecule has 1 unspecified atom stereocenters. The van der Waals surface area contributed by atoms with Gasteiger partial charge in [0.2, 0.25) is 0 Å². The van der Waals surface area contributed by atoms with Crippen LogP contribution in [0.4, 0.5) is 11.4 Å². The summed E-state index contributed by atoms with van der Waals surface area (Å²) in [6.45, 7) is 6.72. The third-order valence-corrected chi connectivity index (χ3v) is 4.31. The second kappa shape index (κ2) is 5.84. The Balaban J connectivity index is 1.62. The summed E-state index contributed by atoms with van der Waals surface area (Å²) in [7, 11) is 0. The van der Waals surface area contributed by atoms with Crippen LogP contribution < -0.4 is 10.2 Å². The SMILES string of the molecule is CC1CN=C(Nc2ccc(N3CCOCC3)cc2)S1. The Morgan fingerprint density at radius 3 is 2.63 bits per heavy atom. The molecule has 2 heterocycles. The number of amidine groups is 1. The Labute approximate surface area is 118 Å². The van der Waals surface area contributed by atoms with Gasteiger partial charge < -0.3 is 15.0 Å². The van der Waals surface area contributed by atoms with Gasteiger partial charge in [-0.1, -0.05) is 18.7 Å². The summed E-state index contributed by atoms with van der Waals surface area (Å²) in [5.74, 6) is 0. The van der Waals surface area contributed by atoms with Crippen LogP contribution in [0.5, 0.6) is 0 Å². The molecule has 3 rings (SSSR count). The molecule has 0 radical (unpaired) electrons. The van der Waals surface area contributed by atoms with Crippen LogP contribution in [-0.2, 0) is 4.74 Å². The van der Waals surface area contributed by atoms with E-state index in [1.165, 1.54) is 5.69 Å². The average molecular weight is 277 g/mol. The number of aliphatic imine (C=N–C) groups is 1. The van der Waals surface area contributed by atoms with Crippen molar-refractivity contribution in [1.29, 1.82) is 0 Å². The zero-order valence-corrected chi connectivity index (χ0v) is 11.9.